The van der Waals surface area contributed by atoms with Gasteiger partial charge in [-0.1, -0.05) is 17.7 Å². The maximum Gasteiger partial charge on any atom is 0.251 e. The summed E-state index contributed by atoms with van der Waals surface area (Å²) in [5, 5.41) is 6.47. The summed E-state index contributed by atoms with van der Waals surface area (Å²) in [6, 6.07) is 10.4. The lowest BCUT2D eigenvalue weighted by atomic mass is 9.91. The van der Waals surface area contributed by atoms with Crippen molar-refractivity contribution in [3.05, 3.63) is 52.8 Å². The number of hydrogen-bond donors (Lipinski definition) is 2. The molecule has 144 valence electrons. The van der Waals surface area contributed by atoms with Crippen LogP contribution in [0.4, 0.5) is 16.0 Å². The van der Waals surface area contributed by atoms with Crippen molar-refractivity contribution in [2.24, 2.45) is 0 Å². The minimum absolute atomic E-state index is 0.0389. The number of hydrogen-bond acceptors (Lipinski definition) is 4. The number of rotatable bonds is 5. The van der Waals surface area contributed by atoms with Crippen molar-refractivity contribution in [2.45, 2.75) is 37.8 Å². The van der Waals surface area contributed by atoms with Crippen molar-refractivity contribution >= 4 is 29.1 Å². The molecule has 0 atom stereocenters. The first-order chi connectivity index (χ1) is 12.9. The van der Waals surface area contributed by atoms with Crippen LogP contribution in [0.1, 0.15) is 36.0 Å². The molecule has 1 aliphatic rings. The molecule has 3 rings (SSSR count). The maximum absolute atomic E-state index is 13.2. The molecule has 0 bridgehead atoms. The molecule has 1 aliphatic carbocycles. The van der Waals surface area contributed by atoms with Gasteiger partial charge in [-0.2, -0.15) is 0 Å². The second-order valence-electron chi connectivity index (χ2n) is 7.07. The van der Waals surface area contributed by atoms with E-state index >= 15 is 0 Å². The van der Waals surface area contributed by atoms with E-state index in [0.29, 0.717) is 11.6 Å². The van der Waals surface area contributed by atoms with E-state index in [9.17, 15) is 9.18 Å². The van der Waals surface area contributed by atoms with Crippen LogP contribution in [0.25, 0.3) is 0 Å². The fraction of sp³-hybridized carbons (Fsp3) is 0.400. The van der Waals surface area contributed by atoms with Crippen molar-refractivity contribution in [2.75, 3.05) is 24.3 Å². The van der Waals surface area contributed by atoms with Crippen LogP contribution in [0.2, 0.25) is 5.02 Å². The van der Waals surface area contributed by atoms with Crippen LogP contribution in [0, 0.1) is 5.82 Å². The first-order valence-corrected chi connectivity index (χ1v) is 9.47. The van der Waals surface area contributed by atoms with Crippen molar-refractivity contribution < 1.29 is 9.18 Å². The van der Waals surface area contributed by atoms with Crippen LogP contribution < -0.4 is 15.5 Å². The summed E-state index contributed by atoms with van der Waals surface area (Å²) in [4.78, 5) is 18.9. The molecule has 1 amide bonds. The first kappa shape index (κ1) is 19.4. The summed E-state index contributed by atoms with van der Waals surface area (Å²) >= 11 is 5.76. The maximum atomic E-state index is 13.2. The first-order valence-electron chi connectivity index (χ1n) is 9.09. The molecule has 1 saturated carbocycles. The van der Waals surface area contributed by atoms with Gasteiger partial charge in [0.2, 0.25) is 0 Å². The third-order valence-electron chi connectivity index (χ3n) is 4.79. The van der Waals surface area contributed by atoms with E-state index in [4.69, 9.17) is 11.6 Å². The van der Waals surface area contributed by atoms with E-state index in [1.54, 1.807) is 0 Å². The van der Waals surface area contributed by atoms with Crippen molar-refractivity contribution in [3.63, 3.8) is 0 Å². The Bertz CT molecular complexity index is 806. The highest BCUT2D eigenvalue weighted by atomic mass is 35.5. The number of carbonyl (C=O) groups excluding carboxylic acids is 1. The van der Waals surface area contributed by atoms with Crippen molar-refractivity contribution in [3.8, 4) is 0 Å². The molecule has 0 saturated heterocycles. The molecular weight excluding hydrogens is 367 g/mol. The number of amides is 1. The average Bonchev–Trinajstić information content (AvgIpc) is 2.65. The van der Waals surface area contributed by atoms with Gasteiger partial charge in [0.15, 0.2) is 0 Å². The lowest BCUT2D eigenvalue weighted by molar-refractivity contribution is 0.0926. The molecule has 27 heavy (non-hydrogen) atoms. The summed E-state index contributed by atoms with van der Waals surface area (Å²) in [6.07, 6.45) is 3.66. The molecule has 1 heterocycles. The normalized spacial score (nSPS) is 19.4. The average molecular weight is 391 g/mol. The molecule has 2 N–H and O–H groups in total. The molecule has 0 radical (unpaired) electrons. The number of nitrogens with zero attached hydrogens (tertiary/aromatic N) is 2. The van der Waals surface area contributed by atoms with E-state index in [0.717, 1.165) is 37.3 Å². The highest BCUT2D eigenvalue weighted by molar-refractivity contribution is 6.31. The Hall–Kier alpha value is -2.34. The second-order valence-corrected chi connectivity index (χ2v) is 7.48. The fourth-order valence-electron chi connectivity index (χ4n) is 3.25. The smallest absolute Gasteiger partial charge is 0.251 e. The number of nitrogens with one attached hydrogen (secondary N) is 2. The third-order valence-corrected chi connectivity index (χ3v) is 5.08. The van der Waals surface area contributed by atoms with Gasteiger partial charge in [-0.05, 0) is 56.0 Å². The van der Waals surface area contributed by atoms with Gasteiger partial charge in [-0.25, -0.2) is 9.37 Å². The predicted molar refractivity (Wildman–Crippen MR) is 107 cm³/mol. The molecule has 1 fully saturated rings. The predicted octanol–water partition coefficient (Wildman–Crippen LogP) is 4.09. The second kappa shape index (κ2) is 8.57. The van der Waals surface area contributed by atoms with Crippen LogP contribution in [0.15, 0.2) is 36.4 Å². The molecular formula is C20H24ClFN4O. The minimum Gasteiger partial charge on any atom is -0.367 e. The lowest BCUT2D eigenvalue weighted by Crippen LogP contribution is -2.40. The van der Waals surface area contributed by atoms with E-state index < -0.39 is 5.82 Å². The largest absolute Gasteiger partial charge is 0.367 e. The Morgan fingerprint density at radius 1 is 1.15 bits per heavy atom. The van der Waals surface area contributed by atoms with E-state index in [1.165, 1.54) is 18.2 Å². The zero-order valence-electron chi connectivity index (χ0n) is 15.5. The molecule has 0 spiro atoms. The van der Waals surface area contributed by atoms with Gasteiger partial charge in [0.25, 0.3) is 5.91 Å². The van der Waals surface area contributed by atoms with Gasteiger partial charge < -0.3 is 15.5 Å². The SMILES string of the molecule is CN(C)c1cccc(N[C@H]2CC[C@@H](NC(=O)c3ccc(F)c(Cl)c3)CC2)n1. The molecule has 2 aromatic rings. The molecule has 1 aromatic carbocycles. The lowest BCUT2D eigenvalue weighted by Gasteiger charge is -2.30. The zero-order chi connectivity index (χ0) is 19.4. The molecule has 1 aromatic heterocycles. The number of halogens is 2. The number of pyridine rings is 1. The number of aromatic nitrogens is 1. The van der Waals surface area contributed by atoms with E-state index in [1.807, 2.05) is 37.2 Å². The summed E-state index contributed by atoms with van der Waals surface area (Å²) in [6.45, 7) is 0. The van der Waals surface area contributed by atoms with Gasteiger partial charge in [0, 0.05) is 31.7 Å². The number of anilines is 2. The fourth-order valence-corrected chi connectivity index (χ4v) is 3.43. The summed E-state index contributed by atoms with van der Waals surface area (Å²) in [5.74, 6) is 1.05. The van der Waals surface area contributed by atoms with E-state index in [2.05, 4.69) is 15.6 Å². The van der Waals surface area contributed by atoms with Crippen LogP contribution >= 0.6 is 11.6 Å². The highest BCUT2D eigenvalue weighted by Gasteiger charge is 2.23. The number of carbonyl (C=O) groups is 1. The molecule has 7 heteroatoms. The highest BCUT2D eigenvalue weighted by Crippen LogP contribution is 2.23. The van der Waals surface area contributed by atoms with Crippen LogP contribution in [-0.2, 0) is 0 Å². The van der Waals surface area contributed by atoms with Gasteiger partial charge in [0.1, 0.15) is 17.5 Å². The van der Waals surface area contributed by atoms with Crippen LogP contribution in [0.5, 0.6) is 0 Å². The monoisotopic (exact) mass is 390 g/mol. The standard InChI is InChI=1S/C20H24ClFN4O/c1-26(2)19-5-3-4-18(25-19)23-14-7-9-15(10-8-14)24-20(27)13-6-11-17(22)16(21)12-13/h3-6,11-12,14-15H,7-10H2,1-2H3,(H,23,25)(H,24,27)/t14-,15+. The molecule has 0 aliphatic heterocycles. The quantitative estimate of drug-likeness (QED) is 0.807. The number of benzene rings is 1. The Morgan fingerprint density at radius 2 is 1.85 bits per heavy atom. The third kappa shape index (κ3) is 5.10. The summed E-state index contributed by atoms with van der Waals surface area (Å²) in [7, 11) is 3.93. The van der Waals surface area contributed by atoms with Gasteiger partial charge in [0.05, 0.1) is 5.02 Å². The van der Waals surface area contributed by atoms with Crippen molar-refractivity contribution in [1.82, 2.24) is 10.3 Å². The van der Waals surface area contributed by atoms with Crippen LogP contribution in [0.3, 0.4) is 0 Å². The van der Waals surface area contributed by atoms with Gasteiger partial charge in [-0.3, -0.25) is 4.79 Å². The zero-order valence-corrected chi connectivity index (χ0v) is 16.3. The topological polar surface area (TPSA) is 57.3 Å². The van der Waals surface area contributed by atoms with Crippen LogP contribution in [-0.4, -0.2) is 37.1 Å². The summed E-state index contributed by atoms with van der Waals surface area (Å²) in [5.41, 5.74) is 0.381. The Labute approximate surface area is 163 Å². The Morgan fingerprint density at radius 3 is 2.52 bits per heavy atom. The van der Waals surface area contributed by atoms with Gasteiger partial charge in [-0.15, -0.1) is 0 Å². The minimum atomic E-state index is -0.522. The van der Waals surface area contributed by atoms with Crippen molar-refractivity contribution in [1.29, 1.82) is 0 Å². The van der Waals surface area contributed by atoms with E-state index in [-0.39, 0.29) is 17.0 Å². The summed E-state index contributed by atoms with van der Waals surface area (Å²) < 4.78 is 13.2. The molecule has 0 unspecified atom stereocenters. The van der Waals surface area contributed by atoms with Gasteiger partial charge >= 0.3 is 0 Å². The molecule has 5 nitrogen and oxygen atoms in total. The Balaban J connectivity index is 1.50. The Kier molecular flexibility index (Phi) is 6.16.